The van der Waals surface area contributed by atoms with Crippen LogP contribution in [0.4, 0.5) is 5.13 Å². The van der Waals surface area contributed by atoms with Gasteiger partial charge in [0.05, 0.1) is 12.3 Å². The molecule has 0 N–H and O–H groups in total. The topological polar surface area (TPSA) is 55.3 Å². The van der Waals surface area contributed by atoms with E-state index in [1.165, 1.54) is 17.7 Å². The lowest BCUT2D eigenvalue weighted by Gasteiger charge is -2.19. The maximum atomic E-state index is 13.1. The molecule has 2 aromatic rings. The highest BCUT2D eigenvalue weighted by atomic mass is 32.1. The molecule has 0 bridgehead atoms. The van der Waals surface area contributed by atoms with Gasteiger partial charge in [-0.3, -0.25) is 9.69 Å². The first kappa shape index (κ1) is 16.6. The Labute approximate surface area is 146 Å². The molecule has 0 aromatic carbocycles. The van der Waals surface area contributed by atoms with Crippen molar-refractivity contribution in [3.8, 4) is 5.88 Å². The molecule has 0 fully saturated rings. The fourth-order valence-corrected chi connectivity index (χ4v) is 3.94. The van der Waals surface area contributed by atoms with Gasteiger partial charge in [0.15, 0.2) is 5.13 Å². The van der Waals surface area contributed by atoms with Crippen molar-refractivity contribution in [1.82, 2.24) is 9.97 Å². The zero-order valence-electron chi connectivity index (χ0n) is 13.8. The fraction of sp³-hybridized carbons (Fsp3) is 0.389. The molecule has 5 nitrogen and oxygen atoms in total. The van der Waals surface area contributed by atoms with Gasteiger partial charge in [0.1, 0.15) is 5.56 Å². The number of fused-ring (bicyclic) bond motifs is 1. The zero-order valence-corrected chi connectivity index (χ0v) is 14.6. The first-order chi connectivity index (χ1) is 11.7. The summed E-state index contributed by atoms with van der Waals surface area (Å²) in [6.07, 6.45) is 7.76. The van der Waals surface area contributed by atoms with Crippen molar-refractivity contribution in [2.75, 3.05) is 18.1 Å². The molecule has 0 radical (unpaired) electrons. The van der Waals surface area contributed by atoms with E-state index in [4.69, 9.17) is 9.72 Å². The molecule has 126 valence electrons. The van der Waals surface area contributed by atoms with Crippen molar-refractivity contribution in [2.24, 2.45) is 0 Å². The second-order valence-electron chi connectivity index (χ2n) is 5.57. The monoisotopic (exact) mass is 343 g/mol. The Morgan fingerprint density at radius 2 is 2.29 bits per heavy atom. The molecule has 1 amide bonds. The molecule has 1 aliphatic rings. The first-order valence-corrected chi connectivity index (χ1v) is 9.05. The van der Waals surface area contributed by atoms with Gasteiger partial charge in [-0.1, -0.05) is 6.08 Å². The minimum atomic E-state index is -0.155. The molecule has 0 unspecified atom stereocenters. The molecule has 0 saturated heterocycles. The first-order valence-electron chi connectivity index (χ1n) is 8.23. The van der Waals surface area contributed by atoms with Gasteiger partial charge in [0.2, 0.25) is 5.88 Å². The van der Waals surface area contributed by atoms with E-state index in [0.717, 1.165) is 23.7 Å². The van der Waals surface area contributed by atoms with Gasteiger partial charge in [-0.25, -0.2) is 9.97 Å². The standard InChI is InChI=1S/C18H21N3O2S/c1-3-12-21(18-20-14-9-5-6-10-15(14)24-18)17(22)13-8-7-11-19-16(13)23-4-2/h3,7-8,11H,1,4-6,9-10,12H2,2H3. The number of hydrogen-bond acceptors (Lipinski definition) is 5. The molecule has 1 aliphatic carbocycles. The van der Waals surface area contributed by atoms with Crippen LogP contribution >= 0.6 is 11.3 Å². The van der Waals surface area contributed by atoms with Crippen LogP contribution in [0.25, 0.3) is 0 Å². The number of anilines is 1. The minimum absolute atomic E-state index is 0.155. The smallest absolute Gasteiger partial charge is 0.265 e. The predicted molar refractivity (Wildman–Crippen MR) is 96.0 cm³/mol. The fourth-order valence-electron chi connectivity index (χ4n) is 2.78. The third-order valence-electron chi connectivity index (χ3n) is 3.90. The highest BCUT2D eigenvalue weighted by molar-refractivity contribution is 7.16. The summed E-state index contributed by atoms with van der Waals surface area (Å²) in [5, 5.41) is 0.734. The van der Waals surface area contributed by atoms with E-state index in [0.29, 0.717) is 24.6 Å². The van der Waals surface area contributed by atoms with E-state index < -0.39 is 0 Å². The lowest BCUT2D eigenvalue weighted by Crippen LogP contribution is -2.31. The second kappa shape index (κ2) is 7.57. The minimum Gasteiger partial charge on any atom is -0.477 e. The summed E-state index contributed by atoms with van der Waals surface area (Å²) in [5.41, 5.74) is 1.59. The van der Waals surface area contributed by atoms with Crippen LogP contribution in [-0.4, -0.2) is 29.0 Å². The highest BCUT2D eigenvalue weighted by Crippen LogP contribution is 2.33. The van der Waals surface area contributed by atoms with E-state index in [1.54, 1.807) is 40.6 Å². The SMILES string of the molecule is C=CCN(C(=O)c1cccnc1OCC)c1nc2c(s1)CCCC2. The number of aryl methyl sites for hydroxylation is 2. The van der Waals surface area contributed by atoms with Crippen molar-refractivity contribution < 1.29 is 9.53 Å². The Morgan fingerprint density at radius 1 is 1.46 bits per heavy atom. The summed E-state index contributed by atoms with van der Waals surface area (Å²) in [6, 6.07) is 3.48. The third-order valence-corrected chi connectivity index (χ3v) is 5.09. The number of ether oxygens (including phenoxy) is 1. The summed E-state index contributed by atoms with van der Waals surface area (Å²) in [6.45, 7) is 6.52. The Morgan fingerprint density at radius 3 is 3.04 bits per heavy atom. The quantitative estimate of drug-likeness (QED) is 0.751. The summed E-state index contributed by atoms with van der Waals surface area (Å²) in [5.74, 6) is 0.206. The number of nitrogens with zero attached hydrogens (tertiary/aromatic N) is 3. The van der Waals surface area contributed by atoms with Gasteiger partial charge >= 0.3 is 0 Å². The van der Waals surface area contributed by atoms with E-state index >= 15 is 0 Å². The van der Waals surface area contributed by atoms with Crippen LogP contribution in [0.1, 0.15) is 40.7 Å². The molecule has 2 aromatic heterocycles. The number of amides is 1. The lowest BCUT2D eigenvalue weighted by molar-refractivity contribution is 0.0985. The summed E-state index contributed by atoms with van der Waals surface area (Å²) < 4.78 is 5.50. The maximum Gasteiger partial charge on any atom is 0.265 e. The second-order valence-corrected chi connectivity index (χ2v) is 6.63. The largest absolute Gasteiger partial charge is 0.477 e. The third kappa shape index (κ3) is 3.33. The Kier molecular flexibility index (Phi) is 5.25. The molecule has 0 atom stereocenters. The number of pyridine rings is 1. The van der Waals surface area contributed by atoms with Crippen molar-refractivity contribution >= 4 is 22.4 Å². The molecule has 0 spiro atoms. The molecule has 6 heteroatoms. The molecule has 0 aliphatic heterocycles. The van der Waals surface area contributed by atoms with Gasteiger partial charge in [-0.15, -0.1) is 17.9 Å². The van der Waals surface area contributed by atoms with Crippen molar-refractivity contribution in [3.63, 3.8) is 0 Å². The zero-order chi connectivity index (χ0) is 16.9. The van der Waals surface area contributed by atoms with Crippen LogP contribution in [0, 0.1) is 0 Å². The number of aromatic nitrogens is 2. The Bertz CT molecular complexity index is 718. The average Bonchev–Trinajstić information content (AvgIpc) is 3.03. The van der Waals surface area contributed by atoms with E-state index in [9.17, 15) is 4.79 Å². The Hall–Kier alpha value is -2.21. The summed E-state index contributed by atoms with van der Waals surface area (Å²) in [4.78, 5) is 24.9. The normalized spacial score (nSPS) is 13.2. The molecular weight excluding hydrogens is 322 g/mol. The molecular formula is C18H21N3O2S. The van der Waals surface area contributed by atoms with Gasteiger partial charge in [-0.05, 0) is 44.7 Å². The molecule has 3 rings (SSSR count). The summed E-state index contributed by atoms with van der Waals surface area (Å²) >= 11 is 1.61. The van der Waals surface area contributed by atoms with Gasteiger partial charge in [0, 0.05) is 17.6 Å². The molecule has 2 heterocycles. The van der Waals surface area contributed by atoms with Crippen molar-refractivity contribution in [3.05, 3.63) is 47.1 Å². The van der Waals surface area contributed by atoms with Crippen LogP contribution in [0.2, 0.25) is 0 Å². The predicted octanol–water partition coefficient (Wildman–Crippen LogP) is 3.65. The number of carbonyl (C=O) groups is 1. The van der Waals surface area contributed by atoms with E-state index in [1.807, 2.05) is 6.92 Å². The van der Waals surface area contributed by atoms with Crippen LogP contribution in [0.5, 0.6) is 5.88 Å². The van der Waals surface area contributed by atoms with Crippen molar-refractivity contribution in [1.29, 1.82) is 0 Å². The Balaban J connectivity index is 1.94. The van der Waals surface area contributed by atoms with Crippen LogP contribution in [-0.2, 0) is 12.8 Å². The summed E-state index contributed by atoms with van der Waals surface area (Å²) in [7, 11) is 0. The number of carbonyl (C=O) groups excluding carboxylic acids is 1. The number of rotatable bonds is 6. The molecule has 0 saturated carbocycles. The van der Waals surface area contributed by atoms with E-state index in [2.05, 4.69) is 11.6 Å². The van der Waals surface area contributed by atoms with Crippen LogP contribution in [0.15, 0.2) is 31.0 Å². The van der Waals surface area contributed by atoms with Crippen LogP contribution in [0.3, 0.4) is 0 Å². The van der Waals surface area contributed by atoms with Gasteiger partial charge in [0.25, 0.3) is 5.91 Å². The number of thiazole rings is 1. The van der Waals surface area contributed by atoms with Gasteiger partial charge in [-0.2, -0.15) is 0 Å². The van der Waals surface area contributed by atoms with Crippen molar-refractivity contribution in [2.45, 2.75) is 32.6 Å². The molecule has 24 heavy (non-hydrogen) atoms. The number of hydrogen-bond donors (Lipinski definition) is 0. The van der Waals surface area contributed by atoms with Gasteiger partial charge < -0.3 is 4.74 Å². The lowest BCUT2D eigenvalue weighted by atomic mass is 10.0. The maximum absolute atomic E-state index is 13.1. The van der Waals surface area contributed by atoms with Crippen LogP contribution < -0.4 is 9.64 Å². The van der Waals surface area contributed by atoms with E-state index in [-0.39, 0.29) is 5.91 Å². The highest BCUT2D eigenvalue weighted by Gasteiger charge is 2.25. The average molecular weight is 343 g/mol.